The molecule has 0 fully saturated rings. The molecule has 3 rings (SSSR count). The van der Waals surface area contributed by atoms with E-state index in [0.717, 1.165) is 23.7 Å². The second-order valence-corrected chi connectivity index (χ2v) is 7.30. The third kappa shape index (κ3) is 5.44. The molecule has 1 heterocycles. The number of aryl methyl sites for hydroxylation is 1. The molecular formula is C21H22FN3OS. The number of carbonyl (C=O) groups excluding carboxylic acids is 1. The Balaban J connectivity index is 1.41. The average Bonchev–Trinajstić information content (AvgIpc) is 3.08. The Morgan fingerprint density at radius 2 is 1.96 bits per heavy atom. The van der Waals surface area contributed by atoms with Crippen molar-refractivity contribution in [1.82, 2.24) is 14.9 Å². The van der Waals surface area contributed by atoms with Gasteiger partial charge in [0.05, 0.1) is 0 Å². The van der Waals surface area contributed by atoms with Gasteiger partial charge in [0.15, 0.2) is 0 Å². The molecule has 1 N–H and O–H groups in total. The van der Waals surface area contributed by atoms with E-state index in [9.17, 15) is 9.18 Å². The number of imidazole rings is 1. The Labute approximate surface area is 162 Å². The number of thioether (sulfide) groups is 1. The van der Waals surface area contributed by atoms with Crippen LogP contribution >= 0.6 is 11.8 Å². The molecule has 27 heavy (non-hydrogen) atoms. The SMILES string of the molecule is Cc1nccn1Cc1ccc(C(=O)NCCSCc2ccccc2F)cc1. The zero-order valence-corrected chi connectivity index (χ0v) is 16.0. The monoisotopic (exact) mass is 383 g/mol. The van der Waals surface area contributed by atoms with Crippen molar-refractivity contribution in [2.24, 2.45) is 0 Å². The van der Waals surface area contributed by atoms with Crippen LogP contribution in [0.1, 0.15) is 27.3 Å². The molecule has 1 aromatic heterocycles. The van der Waals surface area contributed by atoms with E-state index in [4.69, 9.17) is 0 Å². The van der Waals surface area contributed by atoms with Crippen molar-refractivity contribution in [2.45, 2.75) is 19.2 Å². The molecule has 0 saturated carbocycles. The van der Waals surface area contributed by atoms with Crippen molar-refractivity contribution < 1.29 is 9.18 Å². The summed E-state index contributed by atoms with van der Waals surface area (Å²) in [6.45, 7) is 3.25. The third-order valence-electron chi connectivity index (χ3n) is 4.24. The molecule has 3 aromatic rings. The Hall–Kier alpha value is -2.60. The number of carbonyl (C=O) groups is 1. The molecule has 0 radical (unpaired) electrons. The van der Waals surface area contributed by atoms with Crippen LogP contribution in [0.3, 0.4) is 0 Å². The highest BCUT2D eigenvalue weighted by molar-refractivity contribution is 7.98. The summed E-state index contributed by atoms with van der Waals surface area (Å²) in [6, 6.07) is 14.4. The van der Waals surface area contributed by atoms with Crippen LogP contribution in [0.25, 0.3) is 0 Å². The van der Waals surface area contributed by atoms with Gasteiger partial charge < -0.3 is 9.88 Å². The highest BCUT2D eigenvalue weighted by Gasteiger charge is 2.06. The van der Waals surface area contributed by atoms with Gasteiger partial charge in [-0.15, -0.1) is 0 Å². The first-order valence-corrected chi connectivity index (χ1v) is 9.95. The fourth-order valence-electron chi connectivity index (χ4n) is 2.67. The van der Waals surface area contributed by atoms with E-state index in [2.05, 4.69) is 14.9 Å². The van der Waals surface area contributed by atoms with Gasteiger partial charge in [-0.3, -0.25) is 4.79 Å². The lowest BCUT2D eigenvalue weighted by atomic mass is 10.1. The highest BCUT2D eigenvalue weighted by atomic mass is 32.2. The van der Waals surface area contributed by atoms with Crippen LogP contribution in [0.2, 0.25) is 0 Å². The number of benzene rings is 2. The molecular weight excluding hydrogens is 361 g/mol. The van der Waals surface area contributed by atoms with Gasteiger partial charge in [-0.05, 0) is 36.2 Å². The Kier molecular flexibility index (Phi) is 6.65. The van der Waals surface area contributed by atoms with Crippen LogP contribution in [0.5, 0.6) is 0 Å². The van der Waals surface area contributed by atoms with E-state index in [1.54, 1.807) is 30.1 Å². The van der Waals surface area contributed by atoms with E-state index >= 15 is 0 Å². The summed E-state index contributed by atoms with van der Waals surface area (Å²) in [6.07, 6.45) is 3.72. The van der Waals surface area contributed by atoms with Gasteiger partial charge in [-0.25, -0.2) is 9.37 Å². The predicted octanol–water partition coefficient (Wildman–Crippen LogP) is 4.04. The molecule has 0 spiro atoms. The van der Waals surface area contributed by atoms with Crippen LogP contribution in [-0.2, 0) is 12.3 Å². The lowest BCUT2D eigenvalue weighted by Gasteiger charge is -2.08. The number of aromatic nitrogens is 2. The first-order valence-electron chi connectivity index (χ1n) is 8.79. The van der Waals surface area contributed by atoms with Crippen LogP contribution < -0.4 is 5.32 Å². The molecule has 4 nitrogen and oxygen atoms in total. The third-order valence-corrected chi connectivity index (χ3v) is 5.25. The van der Waals surface area contributed by atoms with E-state index < -0.39 is 0 Å². The fraction of sp³-hybridized carbons (Fsp3) is 0.238. The Morgan fingerprint density at radius 1 is 1.19 bits per heavy atom. The molecule has 1 amide bonds. The minimum Gasteiger partial charge on any atom is -0.351 e. The highest BCUT2D eigenvalue weighted by Crippen LogP contribution is 2.15. The molecule has 0 bridgehead atoms. The number of halogens is 1. The van der Waals surface area contributed by atoms with Crippen LogP contribution in [-0.4, -0.2) is 27.8 Å². The van der Waals surface area contributed by atoms with Gasteiger partial charge in [-0.2, -0.15) is 11.8 Å². The number of nitrogens with one attached hydrogen (secondary N) is 1. The molecule has 0 saturated heterocycles. The van der Waals surface area contributed by atoms with Crippen molar-refractivity contribution in [3.05, 3.63) is 89.3 Å². The van der Waals surface area contributed by atoms with Crippen LogP contribution in [0.15, 0.2) is 60.9 Å². The Morgan fingerprint density at radius 3 is 2.67 bits per heavy atom. The second kappa shape index (κ2) is 9.37. The maximum atomic E-state index is 13.5. The molecule has 0 aliphatic heterocycles. The predicted molar refractivity (Wildman–Crippen MR) is 107 cm³/mol. The van der Waals surface area contributed by atoms with Gasteiger partial charge in [0, 0.05) is 42.6 Å². The van der Waals surface area contributed by atoms with Gasteiger partial charge in [-0.1, -0.05) is 30.3 Å². The molecule has 0 aliphatic carbocycles. The minimum absolute atomic E-state index is 0.0909. The van der Waals surface area contributed by atoms with Crippen molar-refractivity contribution in [3.8, 4) is 0 Å². The van der Waals surface area contributed by atoms with E-state index in [1.165, 1.54) is 6.07 Å². The molecule has 0 aliphatic rings. The van der Waals surface area contributed by atoms with E-state index in [1.807, 2.05) is 43.5 Å². The second-order valence-electron chi connectivity index (χ2n) is 6.20. The summed E-state index contributed by atoms with van der Waals surface area (Å²) in [5.41, 5.74) is 2.45. The fourth-order valence-corrected chi connectivity index (χ4v) is 3.51. The summed E-state index contributed by atoms with van der Waals surface area (Å²) in [5, 5.41) is 2.91. The van der Waals surface area contributed by atoms with Crippen molar-refractivity contribution in [1.29, 1.82) is 0 Å². The van der Waals surface area contributed by atoms with Crippen LogP contribution in [0.4, 0.5) is 4.39 Å². The number of amides is 1. The molecule has 6 heteroatoms. The normalized spacial score (nSPS) is 10.7. The largest absolute Gasteiger partial charge is 0.351 e. The summed E-state index contributed by atoms with van der Waals surface area (Å²) >= 11 is 1.60. The van der Waals surface area contributed by atoms with Crippen molar-refractivity contribution in [2.75, 3.05) is 12.3 Å². The first kappa shape index (κ1) is 19.2. The quantitative estimate of drug-likeness (QED) is 0.597. The number of hydrogen-bond donors (Lipinski definition) is 1. The number of nitrogens with zero attached hydrogens (tertiary/aromatic N) is 2. The number of rotatable bonds is 8. The maximum absolute atomic E-state index is 13.5. The van der Waals surface area contributed by atoms with E-state index in [0.29, 0.717) is 23.4 Å². The van der Waals surface area contributed by atoms with Gasteiger partial charge >= 0.3 is 0 Å². The first-order chi connectivity index (χ1) is 13.1. The zero-order chi connectivity index (χ0) is 19.1. The van der Waals surface area contributed by atoms with Crippen molar-refractivity contribution >= 4 is 17.7 Å². The summed E-state index contributed by atoms with van der Waals surface area (Å²) in [7, 11) is 0. The molecule has 0 unspecified atom stereocenters. The summed E-state index contributed by atoms with van der Waals surface area (Å²) < 4.78 is 15.6. The Bertz CT molecular complexity index is 892. The minimum atomic E-state index is -0.181. The molecule has 0 atom stereocenters. The van der Waals surface area contributed by atoms with Crippen LogP contribution in [0, 0.1) is 12.7 Å². The topological polar surface area (TPSA) is 46.9 Å². The standard InChI is InChI=1S/C21H22FN3OS/c1-16-23-10-12-25(16)14-17-6-8-18(9-7-17)21(26)24-11-13-27-15-19-4-2-3-5-20(19)22/h2-10,12H,11,13-15H2,1H3,(H,24,26). The summed E-state index contributed by atoms with van der Waals surface area (Å²) in [5.74, 6) is 2.03. The molecule has 2 aromatic carbocycles. The van der Waals surface area contributed by atoms with Gasteiger partial charge in [0.2, 0.25) is 0 Å². The average molecular weight is 383 g/mol. The summed E-state index contributed by atoms with van der Waals surface area (Å²) in [4.78, 5) is 16.4. The maximum Gasteiger partial charge on any atom is 0.251 e. The van der Waals surface area contributed by atoms with Crippen molar-refractivity contribution in [3.63, 3.8) is 0 Å². The van der Waals surface area contributed by atoms with Gasteiger partial charge in [0.1, 0.15) is 11.6 Å². The van der Waals surface area contributed by atoms with E-state index in [-0.39, 0.29) is 11.7 Å². The lowest BCUT2D eigenvalue weighted by Crippen LogP contribution is -2.25. The lowest BCUT2D eigenvalue weighted by molar-refractivity contribution is 0.0956. The zero-order valence-electron chi connectivity index (χ0n) is 15.2. The number of hydrogen-bond acceptors (Lipinski definition) is 3. The smallest absolute Gasteiger partial charge is 0.251 e. The molecule has 140 valence electrons. The van der Waals surface area contributed by atoms with Gasteiger partial charge in [0.25, 0.3) is 5.91 Å².